The number of nitriles is 1. The van der Waals surface area contributed by atoms with E-state index in [0.29, 0.717) is 32.3 Å². The Bertz CT molecular complexity index is 1010. The highest BCUT2D eigenvalue weighted by Gasteiger charge is 2.60. The zero-order valence-corrected chi connectivity index (χ0v) is 22.9. The molecule has 0 aromatic heterocycles. The minimum Gasteiger partial charge on any atom is -0.407 e. The Hall–Kier alpha value is -2.45. The Morgan fingerprint density at radius 1 is 1.14 bits per heavy atom. The van der Waals surface area contributed by atoms with Gasteiger partial charge in [0, 0.05) is 12.0 Å². The predicted molar refractivity (Wildman–Crippen MR) is 148 cm³/mol. The molecule has 2 aromatic rings. The second-order valence-electron chi connectivity index (χ2n) is 11.3. The Labute approximate surface area is 213 Å². The molecule has 186 valence electrons. The third-order valence-corrected chi connectivity index (χ3v) is 13.0. The number of allylic oxidation sites excluding steroid dienone is 2. The lowest BCUT2D eigenvalue weighted by Gasteiger charge is -2.49. The van der Waals surface area contributed by atoms with E-state index in [1.807, 2.05) is 25.1 Å². The van der Waals surface area contributed by atoms with E-state index < -0.39 is 25.3 Å². The van der Waals surface area contributed by atoms with Gasteiger partial charge >= 0.3 is 0 Å². The van der Waals surface area contributed by atoms with Crippen LogP contribution in [0.5, 0.6) is 0 Å². The third-order valence-electron chi connectivity index (χ3n) is 8.01. The lowest BCUT2D eigenvalue weighted by molar-refractivity contribution is -0.103. The maximum absolute atomic E-state index is 12.2. The van der Waals surface area contributed by atoms with E-state index in [2.05, 4.69) is 88.5 Å². The molecule has 4 heteroatoms. The summed E-state index contributed by atoms with van der Waals surface area (Å²) in [5.74, 6) is -0.426. The van der Waals surface area contributed by atoms with Crippen molar-refractivity contribution in [2.24, 2.45) is 11.3 Å². The topological polar surface area (TPSA) is 53.2 Å². The van der Waals surface area contributed by atoms with Crippen LogP contribution in [0.25, 0.3) is 0 Å². The lowest BCUT2D eigenvalue weighted by atomic mass is 9.67. The molecule has 0 saturated heterocycles. The van der Waals surface area contributed by atoms with Crippen LogP contribution < -0.4 is 10.4 Å². The van der Waals surface area contributed by atoms with Crippen molar-refractivity contribution in [1.29, 1.82) is 5.26 Å². The first-order valence-corrected chi connectivity index (χ1v) is 14.6. The van der Waals surface area contributed by atoms with Gasteiger partial charge in [-0.3, -0.25) is 0 Å². The molecule has 0 heterocycles. The van der Waals surface area contributed by atoms with Crippen molar-refractivity contribution >= 4 is 18.7 Å². The van der Waals surface area contributed by atoms with E-state index in [1.54, 1.807) is 0 Å². The Morgan fingerprint density at radius 2 is 1.69 bits per heavy atom. The molecule has 0 unspecified atom stereocenters. The zero-order valence-electron chi connectivity index (χ0n) is 21.9. The molecule has 1 N–H and O–H groups in total. The van der Waals surface area contributed by atoms with Crippen LogP contribution in [0.15, 0.2) is 85.5 Å². The van der Waals surface area contributed by atoms with E-state index in [-0.39, 0.29) is 5.04 Å². The number of nitrogens with zero attached hydrogens (tertiary/aromatic N) is 1. The van der Waals surface area contributed by atoms with Gasteiger partial charge in [0.15, 0.2) is 0 Å². The van der Waals surface area contributed by atoms with Crippen LogP contribution >= 0.6 is 0 Å². The molecule has 1 aliphatic rings. The second-order valence-corrected chi connectivity index (χ2v) is 15.6. The van der Waals surface area contributed by atoms with Crippen LogP contribution in [0.3, 0.4) is 0 Å². The first-order valence-electron chi connectivity index (χ1n) is 12.7. The summed E-state index contributed by atoms with van der Waals surface area (Å²) in [5, 5.41) is 24.5. The molecule has 35 heavy (non-hydrogen) atoms. The van der Waals surface area contributed by atoms with Gasteiger partial charge in [0.05, 0.1) is 17.6 Å². The zero-order chi connectivity index (χ0) is 25.7. The number of rotatable bonds is 10. The smallest absolute Gasteiger partial charge is 0.261 e. The van der Waals surface area contributed by atoms with E-state index >= 15 is 0 Å². The van der Waals surface area contributed by atoms with Crippen LogP contribution in [-0.2, 0) is 4.43 Å². The molecule has 0 amide bonds. The first-order chi connectivity index (χ1) is 16.6. The maximum atomic E-state index is 12.2. The summed E-state index contributed by atoms with van der Waals surface area (Å²) in [6, 6.07) is 23.6. The molecule has 1 saturated carbocycles. The van der Waals surface area contributed by atoms with E-state index in [0.717, 1.165) is 12.0 Å². The summed E-state index contributed by atoms with van der Waals surface area (Å²) in [6.07, 6.45) is 5.10. The van der Waals surface area contributed by atoms with Crippen molar-refractivity contribution in [2.75, 3.05) is 6.61 Å². The molecule has 0 bridgehead atoms. The molecule has 3 rings (SSSR count). The van der Waals surface area contributed by atoms with Crippen molar-refractivity contribution in [2.45, 2.75) is 70.4 Å². The quantitative estimate of drug-likeness (QED) is 0.323. The minimum absolute atomic E-state index is 0.159. The van der Waals surface area contributed by atoms with Crippen LogP contribution in [0.4, 0.5) is 0 Å². The molecule has 2 aromatic carbocycles. The highest BCUT2D eigenvalue weighted by molar-refractivity contribution is 6.99. The fourth-order valence-electron chi connectivity index (χ4n) is 6.08. The van der Waals surface area contributed by atoms with Gasteiger partial charge < -0.3 is 9.53 Å². The summed E-state index contributed by atoms with van der Waals surface area (Å²) in [7, 11) is -2.78. The van der Waals surface area contributed by atoms with Gasteiger partial charge in [-0.05, 0) is 54.4 Å². The third kappa shape index (κ3) is 4.96. The normalized spacial score (nSPS) is 24.6. The standard InChI is InChI=1S/C31H41NO2Si/c1-7-20-30(21-19-26(23-32)31(30,33)22-18-25(2)3)24-34-35(29(4,5)6,27-14-10-8-11-15-27)28-16-12-9-13-17-28/h7-17,26,33H,1-2,18-22,24H2,3-6H3/t26-,30-,31+/m1/s1. The van der Waals surface area contributed by atoms with Gasteiger partial charge in [-0.2, -0.15) is 5.26 Å². The molecule has 0 radical (unpaired) electrons. The van der Waals surface area contributed by atoms with Crippen molar-refractivity contribution in [3.05, 3.63) is 85.5 Å². The van der Waals surface area contributed by atoms with Gasteiger partial charge in [0.25, 0.3) is 8.32 Å². The highest BCUT2D eigenvalue weighted by Crippen LogP contribution is 2.55. The summed E-state index contributed by atoms with van der Waals surface area (Å²) < 4.78 is 7.30. The van der Waals surface area contributed by atoms with Crippen molar-refractivity contribution in [3.8, 4) is 6.07 Å². The van der Waals surface area contributed by atoms with Gasteiger partial charge in [-0.25, -0.2) is 0 Å². The Balaban J connectivity index is 2.15. The van der Waals surface area contributed by atoms with Gasteiger partial charge in [0.2, 0.25) is 0 Å². The summed E-state index contributed by atoms with van der Waals surface area (Å²) in [6.45, 7) is 17.2. The summed E-state index contributed by atoms with van der Waals surface area (Å²) in [4.78, 5) is 0. The van der Waals surface area contributed by atoms with Crippen molar-refractivity contribution < 1.29 is 9.53 Å². The van der Waals surface area contributed by atoms with Gasteiger partial charge in [0.1, 0.15) is 0 Å². The lowest BCUT2D eigenvalue weighted by Crippen LogP contribution is -2.68. The fraction of sp³-hybridized carbons (Fsp3) is 0.452. The van der Waals surface area contributed by atoms with Crippen LogP contribution in [0, 0.1) is 22.7 Å². The second kappa shape index (κ2) is 10.7. The highest BCUT2D eigenvalue weighted by atomic mass is 28.4. The summed E-state index contributed by atoms with van der Waals surface area (Å²) >= 11 is 0. The van der Waals surface area contributed by atoms with Crippen molar-refractivity contribution in [1.82, 2.24) is 0 Å². The van der Waals surface area contributed by atoms with E-state index in [4.69, 9.17) is 4.43 Å². The SMILES string of the molecule is C=CC[C@]1(CO[Si](c2ccccc2)(c2ccccc2)C(C)(C)C)CC[C@H](C#N)[C@@]1(O)CCC(=C)C. The first kappa shape index (κ1) is 27.1. The monoisotopic (exact) mass is 487 g/mol. The molecule has 0 aliphatic heterocycles. The number of aliphatic hydroxyl groups is 1. The molecule has 3 atom stereocenters. The largest absolute Gasteiger partial charge is 0.407 e. The van der Waals surface area contributed by atoms with E-state index in [9.17, 15) is 10.4 Å². The molecule has 1 fully saturated rings. The molecular formula is C31H41NO2Si. The summed E-state index contributed by atoms with van der Waals surface area (Å²) in [5.41, 5.74) is -0.708. The molecule has 0 spiro atoms. The predicted octanol–water partition coefficient (Wildman–Crippen LogP) is 6.15. The van der Waals surface area contributed by atoms with Crippen molar-refractivity contribution in [3.63, 3.8) is 0 Å². The number of hydrogen-bond acceptors (Lipinski definition) is 3. The Kier molecular flexibility index (Phi) is 8.27. The van der Waals surface area contributed by atoms with Gasteiger partial charge in [-0.1, -0.05) is 93.1 Å². The fourth-order valence-corrected chi connectivity index (χ4v) is 10.7. The molecule has 3 nitrogen and oxygen atoms in total. The van der Waals surface area contributed by atoms with Crippen LogP contribution in [0.2, 0.25) is 5.04 Å². The Morgan fingerprint density at radius 3 is 2.11 bits per heavy atom. The average Bonchev–Trinajstić information content (AvgIpc) is 3.10. The number of benzene rings is 2. The minimum atomic E-state index is -2.78. The van der Waals surface area contributed by atoms with Gasteiger partial charge in [-0.15, -0.1) is 13.2 Å². The molecule has 1 aliphatic carbocycles. The average molecular weight is 488 g/mol. The number of hydrogen-bond donors (Lipinski definition) is 1. The van der Waals surface area contributed by atoms with E-state index in [1.165, 1.54) is 10.4 Å². The van der Waals surface area contributed by atoms with Crippen LogP contribution in [0.1, 0.15) is 59.8 Å². The van der Waals surface area contributed by atoms with Crippen LogP contribution in [-0.4, -0.2) is 25.6 Å². The molecular weight excluding hydrogens is 446 g/mol. The maximum Gasteiger partial charge on any atom is 0.261 e.